The second-order valence-corrected chi connectivity index (χ2v) is 4.73. The molecule has 0 aromatic heterocycles. The molecule has 1 rings (SSSR count). The van der Waals surface area contributed by atoms with Gasteiger partial charge in [-0.1, -0.05) is 44.2 Å². The van der Waals surface area contributed by atoms with Crippen LogP contribution in [0.15, 0.2) is 30.3 Å². The van der Waals surface area contributed by atoms with Gasteiger partial charge in [0.25, 0.3) is 0 Å². The Hall–Kier alpha value is -1.35. The van der Waals surface area contributed by atoms with Crippen LogP contribution < -0.4 is 5.32 Å². The average molecular weight is 235 g/mol. The number of hydrogen-bond donors (Lipinski definition) is 2. The molecule has 0 aliphatic carbocycles. The Kier molecular flexibility index (Phi) is 5.70. The lowest BCUT2D eigenvalue weighted by Crippen LogP contribution is -2.36. The Labute approximate surface area is 103 Å². The first-order valence-corrected chi connectivity index (χ1v) is 6.09. The minimum Gasteiger partial charge on any atom is -0.480 e. The van der Waals surface area contributed by atoms with E-state index in [-0.39, 0.29) is 0 Å². The summed E-state index contributed by atoms with van der Waals surface area (Å²) in [5.41, 5.74) is 1.11. The summed E-state index contributed by atoms with van der Waals surface area (Å²) in [7, 11) is 0. The van der Waals surface area contributed by atoms with Crippen LogP contribution in [0.4, 0.5) is 0 Å². The van der Waals surface area contributed by atoms with Crippen molar-refractivity contribution in [2.75, 3.05) is 0 Å². The molecule has 2 N–H and O–H groups in total. The zero-order valence-corrected chi connectivity index (χ0v) is 10.5. The molecule has 1 aromatic carbocycles. The molecule has 0 unspecified atom stereocenters. The molecule has 3 heteroatoms. The van der Waals surface area contributed by atoms with E-state index in [0.29, 0.717) is 18.9 Å². The first-order valence-electron chi connectivity index (χ1n) is 6.09. The Morgan fingerprint density at radius 3 is 2.41 bits per heavy atom. The molecule has 0 heterocycles. The highest BCUT2D eigenvalue weighted by Crippen LogP contribution is 2.08. The van der Waals surface area contributed by atoms with Crippen LogP contribution in [-0.4, -0.2) is 17.1 Å². The van der Waals surface area contributed by atoms with Gasteiger partial charge in [0.2, 0.25) is 0 Å². The molecule has 0 aliphatic heterocycles. The van der Waals surface area contributed by atoms with E-state index in [1.807, 2.05) is 30.3 Å². The monoisotopic (exact) mass is 235 g/mol. The molecule has 0 aliphatic rings. The molecule has 0 amide bonds. The van der Waals surface area contributed by atoms with Gasteiger partial charge in [0.05, 0.1) is 0 Å². The number of rotatable bonds is 7. The maximum Gasteiger partial charge on any atom is 0.320 e. The second kappa shape index (κ2) is 7.07. The third kappa shape index (κ3) is 5.50. The highest BCUT2D eigenvalue weighted by molar-refractivity contribution is 5.73. The predicted octanol–water partition coefficient (Wildman–Crippen LogP) is 2.67. The SMILES string of the molecule is CC(C)CC[C@H](NCc1ccccc1)C(=O)O. The summed E-state index contributed by atoms with van der Waals surface area (Å²) in [5.74, 6) is -0.225. The van der Waals surface area contributed by atoms with Gasteiger partial charge in [0.1, 0.15) is 6.04 Å². The molecule has 0 saturated heterocycles. The van der Waals surface area contributed by atoms with Crippen molar-refractivity contribution in [2.45, 2.75) is 39.3 Å². The fraction of sp³-hybridized carbons (Fsp3) is 0.500. The summed E-state index contributed by atoms with van der Waals surface area (Å²) in [4.78, 5) is 11.1. The van der Waals surface area contributed by atoms with Crippen molar-refractivity contribution in [3.05, 3.63) is 35.9 Å². The summed E-state index contributed by atoms with van der Waals surface area (Å²) < 4.78 is 0. The molecule has 0 spiro atoms. The van der Waals surface area contributed by atoms with E-state index < -0.39 is 12.0 Å². The quantitative estimate of drug-likeness (QED) is 0.764. The van der Waals surface area contributed by atoms with Crippen LogP contribution in [0.1, 0.15) is 32.3 Å². The first-order chi connectivity index (χ1) is 8.09. The normalized spacial score (nSPS) is 12.6. The van der Waals surface area contributed by atoms with Gasteiger partial charge in [-0.3, -0.25) is 4.79 Å². The van der Waals surface area contributed by atoms with Crippen molar-refractivity contribution < 1.29 is 9.90 Å². The Morgan fingerprint density at radius 1 is 1.24 bits per heavy atom. The number of carboxylic acids is 1. The Balaban J connectivity index is 2.42. The van der Waals surface area contributed by atoms with E-state index in [9.17, 15) is 4.79 Å². The summed E-state index contributed by atoms with van der Waals surface area (Å²) >= 11 is 0. The van der Waals surface area contributed by atoms with Crippen molar-refractivity contribution in [3.8, 4) is 0 Å². The number of carboxylic acid groups (broad SMARTS) is 1. The first kappa shape index (κ1) is 13.7. The number of hydrogen-bond acceptors (Lipinski definition) is 2. The Morgan fingerprint density at radius 2 is 1.88 bits per heavy atom. The molecule has 17 heavy (non-hydrogen) atoms. The van der Waals surface area contributed by atoms with Gasteiger partial charge in [-0.05, 0) is 24.3 Å². The summed E-state index contributed by atoms with van der Waals surface area (Å²) in [6.45, 7) is 4.82. The molecular formula is C14H21NO2. The van der Waals surface area contributed by atoms with Crippen LogP contribution in [0.5, 0.6) is 0 Å². The van der Waals surface area contributed by atoms with Crippen LogP contribution in [0.25, 0.3) is 0 Å². The molecule has 94 valence electrons. The third-order valence-corrected chi connectivity index (χ3v) is 2.73. The molecule has 1 aromatic rings. The fourth-order valence-electron chi connectivity index (χ4n) is 1.65. The topological polar surface area (TPSA) is 49.3 Å². The number of carbonyl (C=O) groups is 1. The molecule has 1 atom stereocenters. The Bertz CT molecular complexity index is 335. The van der Waals surface area contributed by atoms with E-state index in [1.54, 1.807) is 0 Å². The van der Waals surface area contributed by atoms with Gasteiger partial charge in [-0.15, -0.1) is 0 Å². The van der Waals surface area contributed by atoms with Crippen molar-refractivity contribution in [3.63, 3.8) is 0 Å². The van der Waals surface area contributed by atoms with E-state index in [2.05, 4.69) is 19.2 Å². The van der Waals surface area contributed by atoms with Crippen molar-refractivity contribution >= 4 is 5.97 Å². The smallest absolute Gasteiger partial charge is 0.320 e. The van der Waals surface area contributed by atoms with E-state index in [1.165, 1.54) is 0 Å². The minimum atomic E-state index is -0.762. The van der Waals surface area contributed by atoms with Crippen LogP contribution in [0, 0.1) is 5.92 Å². The molecular weight excluding hydrogens is 214 g/mol. The van der Waals surface area contributed by atoms with Crippen LogP contribution in [-0.2, 0) is 11.3 Å². The lowest BCUT2D eigenvalue weighted by atomic mass is 10.0. The molecule has 0 saturated carbocycles. The summed E-state index contributed by atoms with van der Waals surface area (Å²) in [6.07, 6.45) is 1.61. The number of aliphatic carboxylic acids is 1. The van der Waals surface area contributed by atoms with Gasteiger partial charge < -0.3 is 10.4 Å². The van der Waals surface area contributed by atoms with Crippen LogP contribution in [0.3, 0.4) is 0 Å². The highest BCUT2D eigenvalue weighted by Gasteiger charge is 2.16. The standard InChI is InChI=1S/C14H21NO2/c1-11(2)8-9-13(14(16)17)15-10-12-6-4-3-5-7-12/h3-7,11,13,15H,8-10H2,1-2H3,(H,16,17)/t13-/m0/s1. The predicted molar refractivity (Wildman–Crippen MR) is 68.8 cm³/mol. The van der Waals surface area contributed by atoms with E-state index in [0.717, 1.165) is 12.0 Å². The lowest BCUT2D eigenvalue weighted by Gasteiger charge is -2.15. The van der Waals surface area contributed by atoms with Gasteiger partial charge in [0.15, 0.2) is 0 Å². The third-order valence-electron chi connectivity index (χ3n) is 2.73. The number of nitrogens with one attached hydrogen (secondary N) is 1. The lowest BCUT2D eigenvalue weighted by molar-refractivity contribution is -0.139. The minimum absolute atomic E-state index is 0.447. The summed E-state index contributed by atoms with van der Waals surface area (Å²) in [5, 5.41) is 12.2. The zero-order valence-electron chi connectivity index (χ0n) is 10.5. The van der Waals surface area contributed by atoms with Crippen molar-refractivity contribution in [1.29, 1.82) is 0 Å². The number of benzene rings is 1. The molecule has 0 fully saturated rings. The van der Waals surface area contributed by atoms with Gasteiger partial charge in [-0.2, -0.15) is 0 Å². The van der Waals surface area contributed by atoms with Gasteiger partial charge in [-0.25, -0.2) is 0 Å². The second-order valence-electron chi connectivity index (χ2n) is 4.73. The summed E-state index contributed by atoms with van der Waals surface area (Å²) in [6, 6.07) is 9.42. The van der Waals surface area contributed by atoms with Crippen molar-refractivity contribution in [1.82, 2.24) is 5.32 Å². The highest BCUT2D eigenvalue weighted by atomic mass is 16.4. The van der Waals surface area contributed by atoms with Gasteiger partial charge in [0, 0.05) is 6.54 Å². The largest absolute Gasteiger partial charge is 0.480 e. The van der Waals surface area contributed by atoms with Crippen LogP contribution >= 0.6 is 0 Å². The molecule has 3 nitrogen and oxygen atoms in total. The zero-order chi connectivity index (χ0) is 12.7. The van der Waals surface area contributed by atoms with E-state index in [4.69, 9.17) is 5.11 Å². The maximum atomic E-state index is 11.1. The van der Waals surface area contributed by atoms with Gasteiger partial charge >= 0.3 is 5.97 Å². The van der Waals surface area contributed by atoms with Crippen LogP contribution in [0.2, 0.25) is 0 Å². The maximum absolute atomic E-state index is 11.1. The molecule has 0 radical (unpaired) electrons. The fourth-order valence-corrected chi connectivity index (χ4v) is 1.65. The molecule has 0 bridgehead atoms. The average Bonchev–Trinajstić information content (AvgIpc) is 2.29. The van der Waals surface area contributed by atoms with Crippen molar-refractivity contribution in [2.24, 2.45) is 5.92 Å². The van der Waals surface area contributed by atoms with E-state index >= 15 is 0 Å².